The summed E-state index contributed by atoms with van der Waals surface area (Å²) in [4.78, 5) is 23.5. The first-order valence-corrected chi connectivity index (χ1v) is 8.53. The van der Waals surface area contributed by atoms with Crippen molar-refractivity contribution >= 4 is 45.1 Å². The van der Waals surface area contributed by atoms with Crippen LogP contribution in [0.1, 0.15) is 17.5 Å². The van der Waals surface area contributed by atoms with Gasteiger partial charge in [-0.1, -0.05) is 45.7 Å². The van der Waals surface area contributed by atoms with Crippen molar-refractivity contribution in [2.24, 2.45) is 5.92 Å². The predicted octanol–water partition coefficient (Wildman–Crippen LogP) is 3.35. The number of halogens is 2. The Balaban J connectivity index is 2.01. The normalized spacial score (nSPS) is 11.8. The van der Waals surface area contributed by atoms with Crippen molar-refractivity contribution < 1.29 is 14.7 Å². The monoisotopic (exact) mass is 408 g/mol. The van der Waals surface area contributed by atoms with Crippen molar-refractivity contribution in [3.63, 3.8) is 0 Å². The third kappa shape index (κ3) is 5.35. The van der Waals surface area contributed by atoms with Gasteiger partial charge in [0.2, 0.25) is 5.91 Å². The highest BCUT2D eigenvalue weighted by Crippen LogP contribution is 2.21. The number of aliphatic carboxylic acids is 1. The summed E-state index contributed by atoms with van der Waals surface area (Å²) in [6.45, 7) is 1.94. The Hall–Kier alpha value is -1.85. The Morgan fingerprint density at radius 3 is 2.46 bits per heavy atom. The van der Waals surface area contributed by atoms with Crippen LogP contribution >= 0.6 is 27.5 Å². The van der Waals surface area contributed by atoms with E-state index in [2.05, 4.69) is 21.2 Å². The first-order chi connectivity index (χ1) is 11.3. The molecule has 24 heavy (non-hydrogen) atoms. The number of hydrogen-bond donors (Lipinski definition) is 1. The first-order valence-electron chi connectivity index (χ1n) is 7.36. The number of hydrogen-bond acceptors (Lipinski definition) is 3. The standard InChI is InChI=1S/C18H17BrClNO3/c1-11-2-7-15(10-16(11)19)21-17(22)9-13(18(23)24)8-12-3-5-14(20)6-4-12/h2-7,10,13H,8-9H2,1H3,(H,21,22)(H,23,24)/p-1/t13-/m0/s1. The fraction of sp³-hybridized carbons (Fsp3) is 0.222. The average molecular weight is 410 g/mol. The zero-order valence-corrected chi connectivity index (χ0v) is 15.4. The maximum Gasteiger partial charge on any atom is 0.225 e. The second-order valence-electron chi connectivity index (χ2n) is 5.56. The largest absolute Gasteiger partial charge is 0.550 e. The number of amides is 1. The molecule has 2 rings (SSSR count). The molecule has 0 aliphatic carbocycles. The van der Waals surface area contributed by atoms with E-state index in [0.29, 0.717) is 10.7 Å². The van der Waals surface area contributed by atoms with E-state index in [1.165, 1.54) is 0 Å². The van der Waals surface area contributed by atoms with Crippen LogP contribution < -0.4 is 10.4 Å². The molecule has 1 amide bonds. The van der Waals surface area contributed by atoms with E-state index >= 15 is 0 Å². The number of rotatable bonds is 6. The second kappa shape index (κ2) is 8.31. The highest BCUT2D eigenvalue weighted by molar-refractivity contribution is 9.10. The molecule has 6 heteroatoms. The number of carbonyl (C=O) groups excluding carboxylic acids is 2. The lowest BCUT2D eigenvalue weighted by Gasteiger charge is -2.18. The van der Waals surface area contributed by atoms with E-state index < -0.39 is 11.9 Å². The molecule has 0 aromatic heterocycles. The molecule has 1 atom stereocenters. The molecule has 126 valence electrons. The number of carboxylic acids is 1. The molecule has 0 heterocycles. The van der Waals surface area contributed by atoms with Gasteiger partial charge in [0.05, 0.1) is 0 Å². The number of anilines is 1. The van der Waals surface area contributed by atoms with Gasteiger partial charge in [0, 0.05) is 33.5 Å². The molecule has 0 saturated heterocycles. The Labute approximate surface area is 154 Å². The summed E-state index contributed by atoms with van der Waals surface area (Å²) in [7, 11) is 0. The van der Waals surface area contributed by atoms with Crippen LogP contribution in [0.25, 0.3) is 0 Å². The van der Waals surface area contributed by atoms with E-state index in [4.69, 9.17) is 11.6 Å². The van der Waals surface area contributed by atoms with Crippen molar-refractivity contribution in [2.75, 3.05) is 5.32 Å². The summed E-state index contributed by atoms with van der Waals surface area (Å²) in [5.41, 5.74) is 2.45. The molecule has 0 aliphatic heterocycles. The number of carboxylic acid groups (broad SMARTS) is 1. The third-order valence-electron chi connectivity index (χ3n) is 3.62. The van der Waals surface area contributed by atoms with Crippen LogP contribution in [0.3, 0.4) is 0 Å². The molecular weight excluding hydrogens is 394 g/mol. The summed E-state index contributed by atoms with van der Waals surface area (Å²) >= 11 is 9.21. The maximum absolute atomic E-state index is 12.1. The average Bonchev–Trinajstić information content (AvgIpc) is 2.52. The maximum atomic E-state index is 12.1. The van der Waals surface area contributed by atoms with Gasteiger partial charge in [-0.3, -0.25) is 4.79 Å². The first kappa shape index (κ1) is 18.5. The van der Waals surface area contributed by atoms with Crippen LogP contribution in [0.4, 0.5) is 5.69 Å². The van der Waals surface area contributed by atoms with Crippen LogP contribution in [0, 0.1) is 12.8 Å². The van der Waals surface area contributed by atoms with Crippen LogP contribution in [0.15, 0.2) is 46.9 Å². The van der Waals surface area contributed by atoms with E-state index in [1.54, 1.807) is 36.4 Å². The predicted molar refractivity (Wildman–Crippen MR) is 95.8 cm³/mol. The van der Waals surface area contributed by atoms with Gasteiger partial charge in [0.25, 0.3) is 0 Å². The van der Waals surface area contributed by atoms with Crippen LogP contribution in [-0.4, -0.2) is 11.9 Å². The van der Waals surface area contributed by atoms with Gasteiger partial charge in [0.15, 0.2) is 0 Å². The van der Waals surface area contributed by atoms with Crippen molar-refractivity contribution in [1.82, 2.24) is 0 Å². The van der Waals surface area contributed by atoms with E-state index in [-0.39, 0.29) is 18.7 Å². The summed E-state index contributed by atoms with van der Waals surface area (Å²) in [6.07, 6.45) is 0.0565. The Bertz CT molecular complexity index is 746. The Kier molecular flexibility index (Phi) is 6.40. The molecular formula is C18H16BrClNO3-. The molecule has 0 bridgehead atoms. The van der Waals surface area contributed by atoms with Crippen molar-refractivity contribution in [3.05, 3.63) is 63.1 Å². The molecule has 0 spiro atoms. The zero-order valence-electron chi connectivity index (χ0n) is 13.0. The second-order valence-corrected chi connectivity index (χ2v) is 6.85. The van der Waals surface area contributed by atoms with Gasteiger partial charge in [-0.05, 0) is 48.7 Å². The van der Waals surface area contributed by atoms with Gasteiger partial charge in [-0.2, -0.15) is 0 Å². The van der Waals surface area contributed by atoms with Gasteiger partial charge in [0.1, 0.15) is 0 Å². The van der Waals surface area contributed by atoms with Crippen LogP contribution in [0.2, 0.25) is 5.02 Å². The minimum Gasteiger partial charge on any atom is -0.550 e. The lowest BCUT2D eigenvalue weighted by molar-refractivity contribution is -0.311. The fourth-order valence-electron chi connectivity index (χ4n) is 2.25. The minimum absolute atomic E-state index is 0.156. The summed E-state index contributed by atoms with van der Waals surface area (Å²) in [5.74, 6) is -2.51. The summed E-state index contributed by atoms with van der Waals surface area (Å²) < 4.78 is 0.873. The Morgan fingerprint density at radius 1 is 1.21 bits per heavy atom. The van der Waals surface area contributed by atoms with E-state index in [9.17, 15) is 14.7 Å². The molecule has 0 aliphatic rings. The quantitative estimate of drug-likeness (QED) is 0.795. The molecule has 2 aromatic rings. The Morgan fingerprint density at radius 2 is 1.88 bits per heavy atom. The molecule has 1 N–H and O–H groups in total. The van der Waals surface area contributed by atoms with E-state index in [1.807, 2.05) is 13.0 Å². The number of nitrogens with one attached hydrogen (secondary N) is 1. The SMILES string of the molecule is Cc1ccc(NC(=O)C[C@H](Cc2ccc(Cl)cc2)C(=O)[O-])cc1Br. The molecule has 0 radical (unpaired) electrons. The zero-order chi connectivity index (χ0) is 17.7. The smallest absolute Gasteiger partial charge is 0.225 e. The third-order valence-corrected chi connectivity index (χ3v) is 4.72. The summed E-state index contributed by atoms with van der Waals surface area (Å²) in [5, 5.41) is 14.6. The minimum atomic E-state index is -1.25. The highest BCUT2D eigenvalue weighted by atomic mass is 79.9. The van der Waals surface area contributed by atoms with Crippen molar-refractivity contribution in [3.8, 4) is 0 Å². The van der Waals surface area contributed by atoms with Crippen LogP contribution in [-0.2, 0) is 16.0 Å². The van der Waals surface area contributed by atoms with Crippen molar-refractivity contribution in [1.29, 1.82) is 0 Å². The van der Waals surface area contributed by atoms with Gasteiger partial charge in [-0.15, -0.1) is 0 Å². The number of aryl methyl sites for hydroxylation is 1. The number of benzene rings is 2. The molecule has 0 unspecified atom stereocenters. The van der Waals surface area contributed by atoms with Crippen molar-refractivity contribution in [2.45, 2.75) is 19.8 Å². The molecule has 0 saturated carbocycles. The van der Waals surface area contributed by atoms with Gasteiger partial charge >= 0.3 is 0 Å². The molecule has 0 fully saturated rings. The summed E-state index contributed by atoms with van der Waals surface area (Å²) in [6, 6.07) is 12.3. The van der Waals surface area contributed by atoms with E-state index in [0.717, 1.165) is 15.6 Å². The van der Waals surface area contributed by atoms with Gasteiger partial charge < -0.3 is 15.2 Å². The van der Waals surface area contributed by atoms with Gasteiger partial charge in [-0.25, -0.2) is 0 Å². The molecule has 2 aromatic carbocycles. The molecule has 4 nitrogen and oxygen atoms in total. The van der Waals surface area contributed by atoms with Crippen LogP contribution in [0.5, 0.6) is 0 Å². The fourth-order valence-corrected chi connectivity index (χ4v) is 2.76. The lowest BCUT2D eigenvalue weighted by Crippen LogP contribution is -2.35. The highest BCUT2D eigenvalue weighted by Gasteiger charge is 2.16. The number of carbonyl (C=O) groups is 2. The topological polar surface area (TPSA) is 69.2 Å². The lowest BCUT2D eigenvalue weighted by atomic mass is 9.96.